The molecule has 3 nitrogen and oxygen atoms in total. The molecule has 96 valence electrons. The molecule has 0 radical (unpaired) electrons. The Bertz CT molecular complexity index is 505. The molecule has 1 aromatic carbocycles. The lowest BCUT2D eigenvalue weighted by Crippen LogP contribution is -2.01. The molecule has 0 bridgehead atoms. The summed E-state index contributed by atoms with van der Waals surface area (Å²) in [7, 11) is 1.68. The first-order valence-corrected chi connectivity index (χ1v) is 6.82. The third-order valence-electron chi connectivity index (χ3n) is 2.82. The summed E-state index contributed by atoms with van der Waals surface area (Å²) < 4.78 is 5.15. The van der Waals surface area contributed by atoms with Crippen molar-refractivity contribution in [1.29, 1.82) is 0 Å². The molecular weight excluding hydrogens is 244 g/mol. The highest BCUT2D eigenvalue weighted by atomic mass is 32.1. The fraction of sp³-hybridized carbons (Fsp3) is 0.357. The summed E-state index contributed by atoms with van der Waals surface area (Å²) in [5, 5.41) is 1.15. The van der Waals surface area contributed by atoms with Crippen LogP contribution in [0.4, 0.5) is 0 Å². The maximum Gasteiger partial charge on any atom is 0.118 e. The second kappa shape index (κ2) is 5.98. The van der Waals surface area contributed by atoms with E-state index >= 15 is 0 Å². The smallest absolute Gasteiger partial charge is 0.118 e. The molecule has 2 aromatic rings. The lowest BCUT2D eigenvalue weighted by molar-refractivity contribution is 0.414. The van der Waals surface area contributed by atoms with Gasteiger partial charge in [0.1, 0.15) is 5.75 Å². The molecule has 0 unspecified atom stereocenters. The van der Waals surface area contributed by atoms with Crippen LogP contribution in [0.3, 0.4) is 0 Å². The zero-order valence-electron chi connectivity index (χ0n) is 10.8. The number of aromatic nitrogens is 1. The number of ether oxygens (including phenoxy) is 1. The number of nitrogens with zero attached hydrogens (tertiary/aromatic N) is 1. The van der Waals surface area contributed by atoms with E-state index < -0.39 is 0 Å². The highest BCUT2D eigenvalue weighted by molar-refractivity contribution is 7.11. The lowest BCUT2D eigenvalue weighted by Gasteiger charge is -2.01. The molecule has 18 heavy (non-hydrogen) atoms. The molecule has 0 atom stereocenters. The molecule has 0 aliphatic carbocycles. The van der Waals surface area contributed by atoms with Crippen molar-refractivity contribution < 1.29 is 4.74 Å². The van der Waals surface area contributed by atoms with Gasteiger partial charge >= 0.3 is 0 Å². The number of hydrogen-bond acceptors (Lipinski definition) is 4. The van der Waals surface area contributed by atoms with E-state index in [2.05, 4.69) is 24.0 Å². The van der Waals surface area contributed by atoms with Gasteiger partial charge in [0.15, 0.2) is 0 Å². The van der Waals surface area contributed by atoms with Gasteiger partial charge in [-0.1, -0.05) is 12.1 Å². The zero-order valence-corrected chi connectivity index (χ0v) is 11.6. The van der Waals surface area contributed by atoms with Crippen molar-refractivity contribution in [3.05, 3.63) is 45.4 Å². The number of aryl methyl sites for hydroxylation is 1. The highest BCUT2D eigenvalue weighted by Crippen LogP contribution is 2.22. The van der Waals surface area contributed by atoms with Crippen molar-refractivity contribution in [1.82, 2.24) is 4.98 Å². The molecule has 2 N–H and O–H groups in total. The average Bonchev–Trinajstić information content (AvgIpc) is 2.71. The summed E-state index contributed by atoms with van der Waals surface area (Å²) in [6.07, 6.45) is 1.80. The van der Waals surface area contributed by atoms with Crippen molar-refractivity contribution in [3.63, 3.8) is 0 Å². The third-order valence-corrected chi connectivity index (χ3v) is 4.04. The molecule has 2 rings (SSSR count). The van der Waals surface area contributed by atoms with E-state index in [0.29, 0.717) is 6.54 Å². The summed E-state index contributed by atoms with van der Waals surface area (Å²) in [6.45, 7) is 2.74. The average molecular weight is 262 g/mol. The fourth-order valence-electron chi connectivity index (χ4n) is 1.84. The van der Waals surface area contributed by atoms with Crippen LogP contribution in [0.25, 0.3) is 0 Å². The molecule has 0 amide bonds. The molecule has 0 spiro atoms. The molecule has 1 aromatic heterocycles. The molecule has 4 heteroatoms. The molecule has 0 fully saturated rings. The second-order valence-corrected chi connectivity index (χ2v) is 5.35. The van der Waals surface area contributed by atoms with Crippen molar-refractivity contribution in [2.75, 3.05) is 13.7 Å². The minimum absolute atomic E-state index is 0.686. The van der Waals surface area contributed by atoms with Crippen LogP contribution < -0.4 is 10.5 Å². The summed E-state index contributed by atoms with van der Waals surface area (Å²) in [6, 6.07) is 8.13. The summed E-state index contributed by atoms with van der Waals surface area (Å²) in [5.41, 5.74) is 7.96. The van der Waals surface area contributed by atoms with E-state index in [0.717, 1.165) is 29.3 Å². The van der Waals surface area contributed by atoms with Crippen LogP contribution in [0.1, 0.15) is 21.1 Å². The van der Waals surface area contributed by atoms with Crippen LogP contribution in [0.5, 0.6) is 5.75 Å². The fourth-order valence-corrected chi connectivity index (χ4v) is 2.96. The molecular formula is C14H18N2OS. The Kier molecular flexibility index (Phi) is 4.33. The van der Waals surface area contributed by atoms with Crippen molar-refractivity contribution in [2.24, 2.45) is 5.73 Å². The molecule has 0 saturated carbocycles. The SMILES string of the molecule is COc1ccc(Cc2nc(C)c(CCN)s2)cc1. The first-order chi connectivity index (χ1) is 8.72. The quantitative estimate of drug-likeness (QED) is 0.901. The molecule has 0 aliphatic heterocycles. The maximum absolute atomic E-state index is 5.59. The topological polar surface area (TPSA) is 48.1 Å². The van der Waals surface area contributed by atoms with Crippen LogP contribution in [-0.4, -0.2) is 18.6 Å². The number of benzene rings is 1. The van der Waals surface area contributed by atoms with Gasteiger partial charge in [0, 0.05) is 11.3 Å². The van der Waals surface area contributed by atoms with Gasteiger partial charge < -0.3 is 10.5 Å². The van der Waals surface area contributed by atoms with Crippen LogP contribution in [0.15, 0.2) is 24.3 Å². The highest BCUT2D eigenvalue weighted by Gasteiger charge is 2.07. The Morgan fingerprint density at radius 2 is 2.00 bits per heavy atom. The summed E-state index contributed by atoms with van der Waals surface area (Å²) in [4.78, 5) is 5.91. The van der Waals surface area contributed by atoms with Crippen LogP contribution in [-0.2, 0) is 12.8 Å². The maximum atomic E-state index is 5.59. The summed E-state index contributed by atoms with van der Waals surface area (Å²) >= 11 is 1.77. The standard InChI is InChI=1S/C14H18N2OS/c1-10-13(7-8-15)18-14(16-10)9-11-3-5-12(17-2)6-4-11/h3-6H,7-9,15H2,1-2H3. The van der Waals surface area contributed by atoms with Gasteiger partial charge in [-0.05, 0) is 37.6 Å². The third kappa shape index (κ3) is 3.09. The molecule has 0 saturated heterocycles. The zero-order chi connectivity index (χ0) is 13.0. The monoisotopic (exact) mass is 262 g/mol. The minimum atomic E-state index is 0.686. The van der Waals surface area contributed by atoms with E-state index in [1.165, 1.54) is 10.4 Å². The molecule has 0 aliphatic rings. The van der Waals surface area contributed by atoms with Gasteiger partial charge in [0.2, 0.25) is 0 Å². The minimum Gasteiger partial charge on any atom is -0.497 e. The predicted octanol–water partition coefficient (Wildman–Crippen LogP) is 2.55. The van der Waals surface area contributed by atoms with Crippen LogP contribution in [0.2, 0.25) is 0 Å². The van der Waals surface area contributed by atoms with Gasteiger partial charge in [-0.15, -0.1) is 11.3 Å². The lowest BCUT2D eigenvalue weighted by atomic mass is 10.1. The van der Waals surface area contributed by atoms with Crippen molar-refractivity contribution in [3.8, 4) is 5.75 Å². The number of rotatable bonds is 5. The Balaban J connectivity index is 2.10. The molecule has 1 heterocycles. The normalized spacial score (nSPS) is 10.6. The Hall–Kier alpha value is -1.39. The van der Waals surface area contributed by atoms with Crippen LogP contribution >= 0.6 is 11.3 Å². The van der Waals surface area contributed by atoms with Gasteiger partial charge in [-0.3, -0.25) is 0 Å². The Morgan fingerprint density at radius 1 is 1.28 bits per heavy atom. The number of nitrogens with two attached hydrogens (primary N) is 1. The van der Waals surface area contributed by atoms with E-state index in [1.54, 1.807) is 18.4 Å². The number of methoxy groups -OCH3 is 1. The van der Waals surface area contributed by atoms with Crippen molar-refractivity contribution in [2.45, 2.75) is 19.8 Å². The van der Waals surface area contributed by atoms with Gasteiger partial charge in [0.25, 0.3) is 0 Å². The second-order valence-electron chi connectivity index (χ2n) is 4.18. The van der Waals surface area contributed by atoms with Gasteiger partial charge in [-0.25, -0.2) is 4.98 Å². The summed E-state index contributed by atoms with van der Waals surface area (Å²) in [5.74, 6) is 0.887. The number of thiazole rings is 1. The van der Waals surface area contributed by atoms with Crippen LogP contribution in [0, 0.1) is 6.92 Å². The predicted molar refractivity (Wildman–Crippen MR) is 75.4 cm³/mol. The first-order valence-electron chi connectivity index (χ1n) is 6.01. The van der Waals surface area contributed by atoms with E-state index in [9.17, 15) is 0 Å². The van der Waals surface area contributed by atoms with E-state index in [-0.39, 0.29) is 0 Å². The van der Waals surface area contributed by atoms with E-state index in [1.807, 2.05) is 12.1 Å². The van der Waals surface area contributed by atoms with Gasteiger partial charge in [0.05, 0.1) is 17.8 Å². The first kappa shape index (κ1) is 13.1. The largest absolute Gasteiger partial charge is 0.497 e. The van der Waals surface area contributed by atoms with Crippen molar-refractivity contribution >= 4 is 11.3 Å². The Labute approximate surface area is 112 Å². The van der Waals surface area contributed by atoms with Gasteiger partial charge in [-0.2, -0.15) is 0 Å². The Morgan fingerprint density at radius 3 is 2.61 bits per heavy atom. The van der Waals surface area contributed by atoms with E-state index in [4.69, 9.17) is 10.5 Å². The number of hydrogen-bond donors (Lipinski definition) is 1.